The van der Waals surface area contributed by atoms with E-state index in [1.54, 1.807) is 0 Å². The Morgan fingerprint density at radius 3 is 1.87 bits per heavy atom. The second-order valence-corrected chi connectivity index (χ2v) is 6.12. The van der Waals surface area contributed by atoms with E-state index in [9.17, 15) is 9.59 Å². The first-order valence-corrected chi connectivity index (χ1v) is 5.60. The van der Waals surface area contributed by atoms with E-state index in [1.807, 2.05) is 0 Å². The van der Waals surface area contributed by atoms with Gasteiger partial charge in [0, 0.05) is 0 Å². The average molecular weight is 312 g/mol. The maximum Gasteiger partial charge on any atom is 0.338 e. The predicted molar refractivity (Wildman–Crippen MR) is 58.8 cm³/mol. The Morgan fingerprint density at radius 2 is 1.60 bits per heavy atom. The highest BCUT2D eigenvalue weighted by Crippen LogP contribution is 2.61. The molecule has 4 nitrogen and oxygen atoms in total. The average Bonchev–Trinajstić information content (AvgIpc) is 2.29. The molecular formula is C6H2Cl4O4S. The lowest BCUT2D eigenvalue weighted by atomic mass is 10.0. The molecular weight excluding hydrogens is 310 g/mol. The number of carbonyl (C=O) groups is 2. The van der Waals surface area contributed by atoms with Crippen LogP contribution in [0.15, 0.2) is 9.40 Å². The summed E-state index contributed by atoms with van der Waals surface area (Å²) in [5, 5.41) is 17.2. The van der Waals surface area contributed by atoms with Crippen molar-refractivity contribution in [1.82, 2.24) is 0 Å². The van der Waals surface area contributed by atoms with Crippen molar-refractivity contribution < 1.29 is 19.8 Å². The molecule has 0 fully saturated rings. The fraction of sp³-hybridized carbons (Fsp3) is 0.333. The van der Waals surface area contributed by atoms with Crippen molar-refractivity contribution in [2.45, 2.75) is 9.08 Å². The fourth-order valence-electron chi connectivity index (χ4n) is 0.938. The number of alkyl halides is 2. The zero-order valence-electron chi connectivity index (χ0n) is 6.63. The second kappa shape index (κ2) is 3.89. The maximum absolute atomic E-state index is 10.9. The van der Waals surface area contributed by atoms with Crippen molar-refractivity contribution in [2.75, 3.05) is 0 Å². The smallest absolute Gasteiger partial charge is 0.338 e. The number of thioether (sulfide) groups is 1. The topological polar surface area (TPSA) is 74.6 Å². The molecule has 0 aromatic carbocycles. The molecule has 0 aromatic rings. The third kappa shape index (κ3) is 1.61. The van der Waals surface area contributed by atoms with Gasteiger partial charge in [0.2, 0.25) is 9.08 Å². The van der Waals surface area contributed by atoms with Crippen LogP contribution in [-0.4, -0.2) is 31.2 Å². The maximum atomic E-state index is 10.9. The van der Waals surface area contributed by atoms with Gasteiger partial charge in [-0.1, -0.05) is 58.2 Å². The van der Waals surface area contributed by atoms with Gasteiger partial charge in [0.25, 0.3) is 0 Å². The van der Waals surface area contributed by atoms with E-state index < -0.39 is 26.1 Å². The summed E-state index contributed by atoms with van der Waals surface area (Å²) in [7, 11) is 0. The summed E-state index contributed by atoms with van der Waals surface area (Å²) in [5.41, 5.74) is 0. The molecule has 1 rings (SSSR count). The SMILES string of the molecule is O=C(O)C1(Cl)SC(Cl)=C(Cl)C1(Cl)C(=O)O. The highest BCUT2D eigenvalue weighted by Gasteiger charge is 2.68. The summed E-state index contributed by atoms with van der Waals surface area (Å²) in [4.78, 5) is 19.4. The van der Waals surface area contributed by atoms with Crippen molar-refractivity contribution in [3.63, 3.8) is 0 Å². The zero-order valence-corrected chi connectivity index (χ0v) is 10.5. The minimum absolute atomic E-state index is 0.244. The van der Waals surface area contributed by atoms with Crippen molar-refractivity contribution in [3.05, 3.63) is 9.40 Å². The van der Waals surface area contributed by atoms with E-state index in [4.69, 9.17) is 56.6 Å². The van der Waals surface area contributed by atoms with Crippen LogP contribution in [0.4, 0.5) is 0 Å². The van der Waals surface area contributed by atoms with Gasteiger partial charge >= 0.3 is 11.9 Å². The number of carboxylic acid groups (broad SMARTS) is 2. The lowest BCUT2D eigenvalue weighted by Crippen LogP contribution is -2.52. The summed E-state index contributed by atoms with van der Waals surface area (Å²) in [6.45, 7) is 0. The summed E-state index contributed by atoms with van der Waals surface area (Å²) < 4.78 is -2.60. The highest BCUT2D eigenvalue weighted by atomic mass is 35.5. The van der Waals surface area contributed by atoms with Crippen molar-refractivity contribution >= 4 is 70.1 Å². The van der Waals surface area contributed by atoms with E-state index >= 15 is 0 Å². The number of hydrogen-bond acceptors (Lipinski definition) is 3. The van der Waals surface area contributed by atoms with E-state index in [0.717, 1.165) is 0 Å². The molecule has 0 aromatic heterocycles. The highest BCUT2D eigenvalue weighted by molar-refractivity contribution is 8.08. The molecule has 2 unspecified atom stereocenters. The molecule has 15 heavy (non-hydrogen) atoms. The van der Waals surface area contributed by atoms with Gasteiger partial charge in [0.15, 0.2) is 0 Å². The van der Waals surface area contributed by atoms with Crippen LogP contribution in [0.3, 0.4) is 0 Å². The first-order chi connectivity index (χ1) is 6.68. The predicted octanol–water partition coefficient (Wildman–Crippen LogP) is 2.46. The lowest BCUT2D eigenvalue weighted by molar-refractivity contribution is -0.145. The molecule has 1 aliphatic rings. The van der Waals surface area contributed by atoms with Gasteiger partial charge in [0.05, 0.1) is 9.40 Å². The van der Waals surface area contributed by atoms with Gasteiger partial charge in [-0.25, -0.2) is 9.59 Å². The van der Waals surface area contributed by atoms with Crippen molar-refractivity contribution in [3.8, 4) is 0 Å². The van der Waals surface area contributed by atoms with Crippen LogP contribution in [0.5, 0.6) is 0 Å². The number of carboxylic acids is 2. The molecule has 0 amide bonds. The van der Waals surface area contributed by atoms with Crippen LogP contribution < -0.4 is 0 Å². The lowest BCUT2D eigenvalue weighted by Gasteiger charge is -2.28. The van der Waals surface area contributed by atoms with Crippen LogP contribution in [0.2, 0.25) is 0 Å². The van der Waals surface area contributed by atoms with E-state index in [-0.39, 0.29) is 4.36 Å². The van der Waals surface area contributed by atoms with Gasteiger partial charge in [-0.05, 0) is 0 Å². The Hall–Kier alpha value is 0.190. The minimum atomic E-state index is -2.47. The summed E-state index contributed by atoms with van der Waals surface area (Å²) in [6.07, 6.45) is 0. The Bertz CT molecular complexity index is 383. The zero-order chi connectivity index (χ0) is 12.0. The van der Waals surface area contributed by atoms with Crippen LogP contribution in [0.1, 0.15) is 0 Å². The minimum Gasteiger partial charge on any atom is -0.480 e. The van der Waals surface area contributed by atoms with Gasteiger partial charge in [-0.15, -0.1) is 0 Å². The molecule has 2 atom stereocenters. The third-order valence-corrected chi connectivity index (χ3v) is 5.58. The van der Waals surface area contributed by atoms with Crippen LogP contribution in [0.25, 0.3) is 0 Å². The van der Waals surface area contributed by atoms with Crippen LogP contribution in [-0.2, 0) is 9.59 Å². The molecule has 0 saturated carbocycles. The Kier molecular flexibility index (Phi) is 3.44. The van der Waals surface area contributed by atoms with E-state index in [1.165, 1.54) is 0 Å². The van der Waals surface area contributed by atoms with E-state index in [0.29, 0.717) is 11.8 Å². The molecule has 0 radical (unpaired) electrons. The number of aliphatic carboxylic acids is 2. The number of hydrogen-bond donors (Lipinski definition) is 2. The quantitative estimate of drug-likeness (QED) is 0.766. The first-order valence-electron chi connectivity index (χ1n) is 3.27. The van der Waals surface area contributed by atoms with Gasteiger partial charge in [0.1, 0.15) is 0 Å². The van der Waals surface area contributed by atoms with Crippen LogP contribution in [0, 0.1) is 0 Å². The molecule has 2 N–H and O–H groups in total. The summed E-state index contributed by atoms with van der Waals surface area (Å²) in [5.74, 6) is -3.30. The molecule has 9 heteroatoms. The fourth-order valence-corrected chi connectivity index (χ4v) is 3.70. The first kappa shape index (κ1) is 13.3. The van der Waals surface area contributed by atoms with E-state index in [2.05, 4.69) is 0 Å². The largest absolute Gasteiger partial charge is 0.480 e. The third-order valence-electron chi connectivity index (χ3n) is 1.72. The van der Waals surface area contributed by atoms with Crippen molar-refractivity contribution in [2.24, 2.45) is 0 Å². The summed E-state index contributed by atoms with van der Waals surface area (Å²) >= 11 is 22.8. The molecule has 0 aliphatic carbocycles. The van der Waals surface area contributed by atoms with Gasteiger partial charge in [-0.2, -0.15) is 0 Å². The molecule has 0 spiro atoms. The molecule has 1 heterocycles. The normalized spacial score (nSPS) is 35.7. The van der Waals surface area contributed by atoms with Gasteiger partial charge < -0.3 is 10.2 Å². The van der Waals surface area contributed by atoms with Crippen LogP contribution >= 0.6 is 58.2 Å². The molecule has 84 valence electrons. The number of rotatable bonds is 2. The van der Waals surface area contributed by atoms with Gasteiger partial charge in [-0.3, -0.25) is 0 Å². The number of halogens is 4. The Morgan fingerprint density at radius 1 is 1.13 bits per heavy atom. The Balaban J connectivity index is 3.41. The molecule has 1 aliphatic heterocycles. The summed E-state index contributed by atoms with van der Waals surface area (Å²) in [6, 6.07) is 0. The Labute approximate surface area is 108 Å². The second-order valence-electron chi connectivity index (χ2n) is 2.55. The monoisotopic (exact) mass is 310 g/mol. The van der Waals surface area contributed by atoms with Crippen molar-refractivity contribution in [1.29, 1.82) is 0 Å². The molecule has 0 saturated heterocycles. The standard InChI is InChI=1S/C6H2Cl4O4S/c7-1-2(8)15-6(10,4(13)14)5(1,9)3(11)12/h(H,11,12)(H,13,14). The molecule has 0 bridgehead atoms.